The van der Waals surface area contributed by atoms with Crippen LogP contribution in [-0.4, -0.2) is 17.3 Å². The SMILES string of the molecule is COc1cccc(-c2ccc(Cl)nn2)c1F. The van der Waals surface area contributed by atoms with Crippen LogP contribution in [-0.2, 0) is 0 Å². The van der Waals surface area contributed by atoms with Crippen LogP contribution < -0.4 is 4.74 Å². The second-order valence-electron chi connectivity index (χ2n) is 3.06. The first-order chi connectivity index (χ1) is 7.72. The van der Waals surface area contributed by atoms with Crippen molar-refractivity contribution in [3.63, 3.8) is 0 Å². The van der Waals surface area contributed by atoms with Crippen LogP contribution in [0.4, 0.5) is 4.39 Å². The van der Waals surface area contributed by atoms with Crippen LogP contribution in [0.15, 0.2) is 30.3 Å². The number of rotatable bonds is 2. The summed E-state index contributed by atoms with van der Waals surface area (Å²) >= 11 is 5.61. The van der Waals surface area contributed by atoms with E-state index in [1.807, 2.05) is 0 Å². The van der Waals surface area contributed by atoms with Crippen LogP contribution in [0.2, 0.25) is 5.15 Å². The number of ether oxygens (including phenoxy) is 1. The van der Waals surface area contributed by atoms with Crippen molar-refractivity contribution in [3.05, 3.63) is 41.3 Å². The zero-order chi connectivity index (χ0) is 11.5. The maximum absolute atomic E-state index is 13.8. The number of hydrogen-bond acceptors (Lipinski definition) is 3. The second-order valence-corrected chi connectivity index (χ2v) is 3.45. The third-order valence-electron chi connectivity index (χ3n) is 2.09. The quantitative estimate of drug-likeness (QED) is 0.807. The van der Waals surface area contributed by atoms with Crippen LogP contribution in [0.3, 0.4) is 0 Å². The molecule has 0 aliphatic heterocycles. The summed E-state index contributed by atoms with van der Waals surface area (Å²) in [6.45, 7) is 0. The monoisotopic (exact) mass is 238 g/mol. The van der Waals surface area contributed by atoms with Gasteiger partial charge in [0.05, 0.1) is 12.8 Å². The van der Waals surface area contributed by atoms with Gasteiger partial charge >= 0.3 is 0 Å². The summed E-state index contributed by atoms with van der Waals surface area (Å²) in [6, 6.07) is 8.00. The van der Waals surface area contributed by atoms with E-state index >= 15 is 0 Å². The fraction of sp³-hybridized carbons (Fsp3) is 0.0909. The Labute approximate surface area is 96.8 Å². The van der Waals surface area contributed by atoms with E-state index in [1.54, 1.807) is 30.3 Å². The topological polar surface area (TPSA) is 35.0 Å². The molecule has 0 fully saturated rings. The van der Waals surface area contributed by atoms with Crippen molar-refractivity contribution in [1.29, 1.82) is 0 Å². The normalized spacial score (nSPS) is 10.2. The smallest absolute Gasteiger partial charge is 0.174 e. The third-order valence-corrected chi connectivity index (χ3v) is 2.29. The molecule has 2 rings (SSSR count). The Hall–Kier alpha value is -1.68. The Morgan fingerprint density at radius 1 is 1.19 bits per heavy atom. The lowest BCUT2D eigenvalue weighted by atomic mass is 10.1. The lowest BCUT2D eigenvalue weighted by Crippen LogP contribution is -1.94. The zero-order valence-corrected chi connectivity index (χ0v) is 9.20. The highest BCUT2D eigenvalue weighted by molar-refractivity contribution is 6.29. The van der Waals surface area contributed by atoms with E-state index in [2.05, 4.69) is 10.2 Å². The van der Waals surface area contributed by atoms with Crippen molar-refractivity contribution >= 4 is 11.6 Å². The molecule has 0 saturated heterocycles. The number of methoxy groups -OCH3 is 1. The molecule has 1 heterocycles. The molecule has 5 heteroatoms. The highest BCUT2D eigenvalue weighted by Crippen LogP contribution is 2.27. The van der Waals surface area contributed by atoms with E-state index in [1.165, 1.54) is 7.11 Å². The van der Waals surface area contributed by atoms with Crippen molar-refractivity contribution in [1.82, 2.24) is 10.2 Å². The maximum atomic E-state index is 13.8. The molecule has 0 N–H and O–H groups in total. The van der Waals surface area contributed by atoms with Gasteiger partial charge in [0.2, 0.25) is 0 Å². The van der Waals surface area contributed by atoms with Crippen molar-refractivity contribution < 1.29 is 9.13 Å². The van der Waals surface area contributed by atoms with E-state index in [0.29, 0.717) is 11.3 Å². The van der Waals surface area contributed by atoms with Gasteiger partial charge in [-0.15, -0.1) is 10.2 Å². The van der Waals surface area contributed by atoms with Gasteiger partial charge < -0.3 is 4.74 Å². The van der Waals surface area contributed by atoms with Gasteiger partial charge in [0.1, 0.15) is 0 Å². The number of nitrogens with zero attached hydrogens (tertiary/aromatic N) is 2. The fourth-order valence-electron chi connectivity index (χ4n) is 1.33. The maximum Gasteiger partial charge on any atom is 0.174 e. The molecule has 1 aromatic heterocycles. The minimum absolute atomic E-state index is 0.175. The van der Waals surface area contributed by atoms with Crippen molar-refractivity contribution in [2.24, 2.45) is 0 Å². The molecule has 2 aromatic rings. The summed E-state index contributed by atoms with van der Waals surface area (Å²) in [4.78, 5) is 0. The van der Waals surface area contributed by atoms with E-state index in [0.717, 1.165) is 0 Å². The Morgan fingerprint density at radius 2 is 2.00 bits per heavy atom. The number of halogens is 2. The van der Waals surface area contributed by atoms with Crippen molar-refractivity contribution in [2.45, 2.75) is 0 Å². The lowest BCUT2D eigenvalue weighted by Gasteiger charge is -2.05. The molecule has 0 radical (unpaired) electrons. The van der Waals surface area contributed by atoms with E-state index in [4.69, 9.17) is 16.3 Å². The number of benzene rings is 1. The molecule has 0 bridgehead atoms. The summed E-state index contributed by atoms with van der Waals surface area (Å²) in [7, 11) is 1.41. The lowest BCUT2D eigenvalue weighted by molar-refractivity contribution is 0.387. The van der Waals surface area contributed by atoms with Crippen LogP contribution in [0.1, 0.15) is 0 Å². The van der Waals surface area contributed by atoms with Gasteiger partial charge in [-0.1, -0.05) is 17.7 Å². The molecule has 0 aliphatic carbocycles. The molecule has 0 atom stereocenters. The summed E-state index contributed by atoms with van der Waals surface area (Å²) in [5, 5.41) is 7.74. The van der Waals surface area contributed by atoms with E-state index in [9.17, 15) is 4.39 Å². The first kappa shape index (κ1) is 10.8. The molecule has 1 aromatic carbocycles. The number of hydrogen-bond donors (Lipinski definition) is 0. The predicted octanol–water partition coefficient (Wildman–Crippen LogP) is 2.94. The number of aromatic nitrogens is 2. The average molecular weight is 239 g/mol. The Morgan fingerprint density at radius 3 is 2.62 bits per heavy atom. The first-order valence-electron chi connectivity index (χ1n) is 4.54. The highest BCUT2D eigenvalue weighted by atomic mass is 35.5. The molecule has 0 amide bonds. The highest BCUT2D eigenvalue weighted by Gasteiger charge is 2.11. The molecular formula is C11H8ClFN2O. The molecular weight excluding hydrogens is 231 g/mol. The first-order valence-corrected chi connectivity index (χ1v) is 4.92. The minimum atomic E-state index is -0.457. The second kappa shape index (κ2) is 4.45. The summed E-state index contributed by atoms with van der Waals surface area (Å²) < 4.78 is 18.7. The molecule has 0 spiro atoms. The molecule has 0 saturated carbocycles. The van der Waals surface area contributed by atoms with E-state index in [-0.39, 0.29) is 10.9 Å². The Balaban J connectivity index is 2.51. The van der Waals surface area contributed by atoms with Gasteiger partial charge in [-0.2, -0.15) is 0 Å². The molecule has 82 valence electrons. The summed E-state index contributed by atoms with van der Waals surface area (Å²) in [6.07, 6.45) is 0. The van der Waals surface area contributed by atoms with Gasteiger partial charge in [-0.3, -0.25) is 0 Å². The minimum Gasteiger partial charge on any atom is -0.494 e. The third kappa shape index (κ3) is 1.97. The average Bonchev–Trinajstić information content (AvgIpc) is 2.31. The van der Waals surface area contributed by atoms with Crippen molar-refractivity contribution in [2.75, 3.05) is 7.11 Å². The van der Waals surface area contributed by atoms with Gasteiger partial charge in [0.15, 0.2) is 16.7 Å². The van der Waals surface area contributed by atoms with Gasteiger partial charge in [-0.25, -0.2) is 4.39 Å². The fourth-order valence-corrected chi connectivity index (χ4v) is 1.43. The van der Waals surface area contributed by atoms with Gasteiger partial charge in [0, 0.05) is 5.56 Å². The van der Waals surface area contributed by atoms with Crippen molar-refractivity contribution in [3.8, 4) is 17.0 Å². The van der Waals surface area contributed by atoms with Crippen LogP contribution in [0.5, 0.6) is 5.75 Å². The largest absolute Gasteiger partial charge is 0.494 e. The van der Waals surface area contributed by atoms with Crippen LogP contribution in [0.25, 0.3) is 11.3 Å². The summed E-state index contributed by atoms with van der Waals surface area (Å²) in [5.74, 6) is -0.282. The predicted molar refractivity (Wildman–Crippen MR) is 59.0 cm³/mol. The van der Waals surface area contributed by atoms with Gasteiger partial charge in [0.25, 0.3) is 0 Å². The van der Waals surface area contributed by atoms with E-state index < -0.39 is 5.82 Å². The molecule has 0 unspecified atom stereocenters. The van der Waals surface area contributed by atoms with Gasteiger partial charge in [-0.05, 0) is 24.3 Å². The molecule has 0 aliphatic rings. The summed E-state index contributed by atoms with van der Waals surface area (Å²) in [5.41, 5.74) is 0.754. The van der Waals surface area contributed by atoms with Crippen LogP contribution in [0, 0.1) is 5.82 Å². The Bertz CT molecular complexity index is 502. The standard InChI is InChI=1S/C11H8ClFN2O/c1-16-9-4-2-3-7(11(9)13)8-5-6-10(12)15-14-8/h2-6H,1H3. The zero-order valence-electron chi connectivity index (χ0n) is 8.45. The Kier molecular flexibility index (Phi) is 3.01. The molecule has 16 heavy (non-hydrogen) atoms. The van der Waals surface area contributed by atoms with Crippen LogP contribution >= 0.6 is 11.6 Å². The molecule has 3 nitrogen and oxygen atoms in total.